The third-order valence-corrected chi connectivity index (χ3v) is 5.85. The van der Waals surface area contributed by atoms with Crippen molar-refractivity contribution in [3.8, 4) is 0 Å². The lowest BCUT2D eigenvalue weighted by atomic mass is 10.0. The molecule has 3 rings (SSSR count). The van der Waals surface area contributed by atoms with Crippen LogP contribution in [0.25, 0.3) is 0 Å². The number of nitrogens with one attached hydrogen (secondary N) is 2. The van der Waals surface area contributed by atoms with E-state index >= 15 is 0 Å². The van der Waals surface area contributed by atoms with Crippen LogP contribution in [0.4, 0.5) is 10.1 Å². The van der Waals surface area contributed by atoms with Crippen molar-refractivity contribution in [1.29, 1.82) is 0 Å². The van der Waals surface area contributed by atoms with E-state index < -0.39 is 0 Å². The van der Waals surface area contributed by atoms with Crippen molar-refractivity contribution >= 4 is 41.5 Å². The highest BCUT2D eigenvalue weighted by atomic mass is 127. The van der Waals surface area contributed by atoms with Crippen LogP contribution in [0.2, 0.25) is 0 Å². The molecule has 0 aromatic heterocycles. The number of nitrogens with zero attached hydrogens (tertiary/aromatic N) is 4. The Morgan fingerprint density at radius 3 is 2.79 bits per heavy atom. The number of halogens is 2. The zero-order valence-electron chi connectivity index (χ0n) is 19.8. The van der Waals surface area contributed by atoms with E-state index in [4.69, 9.17) is 4.74 Å². The first-order chi connectivity index (χ1) is 15.5. The Balaban J connectivity index is 0.00000385. The van der Waals surface area contributed by atoms with Gasteiger partial charge in [0.2, 0.25) is 5.91 Å². The monoisotopic (exact) mass is 576 g/mol. The predicted octanol–water partition coefficient (Wildman–Crippen LogP) is 1.76. The molecule has 2 saturated heterocycles. The van der Waals surface area contributed by atoms with Crippen molar-refractivity contribution in [2.24, 2.45) is 4.99 Å². The number of piperidine rings is 1. The SMILES string of the molecule is CN(C)C(=O)CN=C(NCCCN1CCOCC1)NC1CCCN(c2cccc(F)c2)C1.I. The lowest BCUT2D eigenvalue weighted by molar-refractivity contribution is -0.127. The summed E-state index contributed by atoms with van der Waals surface area (Å²) in [6.07, 6.45) is 3.00. The van der Waals surface area contributed by atoms with Gasteiger partial charge in [-0.15, -0.1) is 24.0 Å². The van der Waals surface area contributed by atoms with Gasteiger partial charge in [0.1, 0.15) is 12.4 Å². The van der Waals surface area contributed by atoms with E-state index in [-0.39, 0.29) is 48.3 Å². The van der Waals surface area contributed by atoms with Crippen LogP contribution >= 0.6 is 24.0 Å². The largest absolute Gasteiger partial charge is 0.379 e. The van der Waals surface area contributed by atoms with Gasteiger partial charge in [0, 0.05) is 58.5 Å². The summed E-state index contributed by atoms with van der Waals surface area (Å²) in [6, 6.07) is 6.91. The molecule has 1 atom stereocenters. The molecule has 2 aliphatic heterocycles. The number of ether oxygens (including phenoxy) is 1. The number of aliphatic imine (C=N–C) groups is 1. The summed E-state index contributed by atoms with van der Waals surface area (Å²) >= 11 is 0. The molecule has 1 unspecified atom stereocenters. The van der Waals surface area contributed by atoms with Crippen LogP contribution in [-0.2, 0) is 9.53 Å². The Morgan fingerprint density at radius 1 is 1.27 bits per heavy atom. The summed E-state index contributed by atoms with van der Waals surface area (Å²) in [4.78, 5) is 22.7. The van der Waals surface area contributed by atoms with Crippen LogP contribution in [0.3, 0.4) is 0 Å². The van der Waals surface area contributed by atoms with E-state index in [0.717, 1.165) is 77.4 Å². The summed E-state index contributed by atoms with van der Waals surface area (Å²) in [5, 5.41) is 6.90. The number of guanidine groups is 1. The van der Waals surface area contributed by atoms with Crippen LogP contribution < -0.4 is 15.5 Å². The highest BCUT2D eigenvalue weighted by Crippen LogP contribution is 2.20. The topological polar surface area (TPSA) is 72.4 Å². The molecular formula is C23H38FIN6O2. The van der Waals surface area contributed by atoms with E-state index in [0.29, 0.717) is 5.96 Å². The van der Waals surface area contributed by atoms with E-state index in [1.54, 1.807) is 31.1 Å². The normalized spacial score (nSPS) is 19.5. The smallest absolute Gasteiger partial charge is 0.243 e. The first-order valence-corrected chi connectivity index (χ1v) is 11.6. The Bertz CT molecular complexity index is 760. The quantitative estimate of drug-likeness (QED) is 0.213. The minimum absolute atomic E-state index is 0. The number of hydrogen-bond acceptors (Lipinski definition) is 5. The summed E-state index contributed by atoms with van der Waals surface area (Å²) < 4.78 is 19.1. The van der Waals surface area contributed by atoms with Gasteiger partial charge in [0.05, 0.1) is 13.2 Å². The molecule has 2 N–H and O–H groups in total. The number of hydrogen-bond donors (Lipinski definition) is 2. The predicted molar refractivity (Wildman–Crippen MR) is 141 cm³/mol. The molecule has 0 bridgehead atoms. The second-order valence-electron chi connectivity index (χ2n) is 8.60. The molecule has 1 amide bonds. The van der Waals surface area contributed by atoms with E-state index in [1.807, 2.05) is 6.07 Å². The van der Waals surface area contributed by atoms with Gasteiger partial charge in [-0.2, -0.15) is 0 Å². The average Bonchev–Trinajstić information content (AvgIpc) is 2.80. The van der Waals surface area contributed by atoms with Crippen LogP contribution in [0.1, 0.15) is 19.3 Å². The number of likely N-dealkylation sites (N-methyl/N-ethyl adjacent to an activating group) is 1. The molecule has 0 radical (unpaired) electrons. The van der Waals surface area contributed by atoms with Crippen molar-refractivity contribution in [2.45, 2.75) is 25.3 Å². The highest BCUT2D eigenvalue weighted by molar-refractivity contribution is 14.0. The number of carbonyl (C=O) groups excluding carboxylic acids is 1. The molecule has 2 aliphatic rings. The first-order valence-electron chi connectivity index (χ1n) is 11.6. The van der Waals surface area contributed by atoms with Gasteiger partial charge in [0.15, 0.2) is 5.96 Å². The molecule has 1 aromatic carbocycles. The molecule has 8 nitrogen and oxygen atoms in total. The lowest BCUT2D eigenvalue weighted by Crippen LogP contribution is -2.52. The Morgan fingerprint density at radius 2 is 2.06 bits per heavy atom. The van der Waals surface area contributed by atoms with E-state index in [9.17, 15) is 9.18 Å². The Hall–Kier alpha value is -1.66. The Labute approximate surface area is 213 Å². The van der Waals surface area contributed by atoms with Gasteiger partial charge in [-0.1, -0.05) is 6.07 Å². The highest BCUT2D eigenvalue weighted by Gasteiger charge is 2.21. The van der Waals surface area contributed by atoms with Crippen molar-refractivity contribution in [3.05, 3.63) is 30.1 Å². The summed E-state index contributed by atoms with van der Waals surface area (Å²) in [5.41, 5.74) is 0.899. The summed E-state index contributed by atoms with van der Waals surface area (Å²) in [6.45, 7) is 7.13. The zero-order valence-corrected chi connectivity index (χ0v) is 22.1. The Kier molecular flexibility index (Phi) is 12.2. The standard InChI is InChI=1S/C23H37FN6O2.HI/c1-28(2)22(31)17-26-23(25-9-5-10-29-12-14-32-15-13-29)27-20-7-4-11-30(18-20)21-8-3-6-19(24)16-21;/h3,6,8,16,20H,4-5,7,9-15,17-18H2,1-2H3,(H2,25,26,27);1H. The molecule has 0 saturated carbocycles. The number of anilines is 1. The zero-order chi connectivity index (χ0) is 22.8. The lowest BCUT2D eigenvalue weighted by Gasteiger charge is -2.35. The van der Waals surface area contributed by atoms with Crippen molar-refractivity contribution in [1.82, 2.24) is 20.4 Å². The molecule has 0 spiro atoms. The van der Waals surface area contributed by atoms with Crippen LogP contribution in [-0.4, -0.2) is 101 Å². The second kappa shape index (κ2) is 14.6. The summed E-state index contributed by atoms with van der Waals surface area (Å²) in [7, 11) is 3.47. The first kappa shape index (κ1) is 27.6. The van der Waals surface area contributed by atoms with Crippen molar-refractivity contribution < 1.29 is 13.9 Å². The van der Waals surface area contributed by atoms with Gasteiger partial charge in [0.25, 0.3) is 0 Å². The molecule has 10 heteroatoms. The molecule has 1 aromatic rings. The molecule has 0 aliphatic carbocycles. The molecule has 186 valence electrons. The third kappa shape index (κ3) is 9.62. The minimum atomic E-state index is -0.219. The number of morpholine rings is 1. The van der Waals surface area contributed by atoms with Gasteiger partial charge in [-0.05, 0) is 44.0 Å². The fourth-order valence-electron chi connectivity index (χ4n) is 3.97. The van der Waals surface area contributed by atoms with Crippen molar-refractivity contribution in [3.63, 3.8) is 0 Å². The molecule has 2 fully saturated rings. The van der Waals surface area contributed by atoms with Crippen LogP contribution in [0.15, 0.2) is 29.3 Å². The van der Waals surface area contributed by atoms with Crippen molar-refractivity contribution in [2.75, 3.05) is 78.0 Å². The fraction of sp³-hybridized carbons (Fsp3) is 0.652. The number of carbonyl (C=O) groups is 1. The molecular weight excluding hydrogens is 538 g/mol. The van der Waals surface area contributed by atoms with Gasteiger partial charge < -0.3 is 25.2 Å². The average molecular weight is 576 g/mol. The maximum Gasteiger partial charge on any atom is 0.243 e. The number of amides is 1. The molecule has 2 heterocycles. The van der Waals surface area contributed by atoms with Crippen LogP contribution in [0, 0.1) is 5.82 Å². The van der Waals surface area contributed by atoms with Gasteiger partial charge >= 0.3 is 0 Å². The molecule has 33 heavy (non-hydrogen) atoms. The maximum absolute atomic E-state index is 13.7. The second-order valence-corrected chi connectivity index (χ2v) is 8.60. The summed E-state index contributed by atoms with van der Waals surface area (Å²) in [5.74, 6) is 0.404. The number of benzene rings is 1. The minimum Gasteiger partial charge on any atom is -0.379 e. The number of rotatable bonds is 8. The van der Waals surface area contributed by atoms with Gasteiger partial charge in [-0.25, -0.2) is 9.38 Å². The maximum atomic E-state index is 13.7. The fourth-order valence-corrected chi connectivity index (χ4v) is 3.97. The van der Waals surface area contributed by atoms with Gasteiger partial charge in [-0.3, -0.25) is 9.69 Å². The third-order valence-electron chi connectivity index (χ3n) is 5.85. The van der Waals surface area contributed by atoms with E-state index in [1.165, 1.54) is 6.07 Å². The van der Waals surface area contributed by atoms with Crippen LogP contribution in [0.5, 0.6) is 0 Å². The van der Waals surface area contributed by atoms with E-state index in [2.05, 4.69) is 25.4 Å².